The summed E-state index contributed by atoms with van der Waals surface area (Å²) in [5, 5.41) is 0.822. The number of hydrogen-bond donors (Lipinski definition) is 2. The molecule has 0 saturated heterocycles. The number of Topliss-reactive ketones (excluding diaryl/α,β-unsaturated/α-hetero) is 1. The van der Waals surface area contributed by atoms with Gasteiger partial charge >= 0.3 is 11.7 Å². The van der Waals surface area contributed by atoms with Crippen molar-refractivity contribution >= 4 is 33.7 Å². The van der Waals surface area contributed by atoms with Gasteiger partial charge in [-0.1, -0.05) is 18.2 Å². The summed E-state index contributed by atoms with van der Waals surface area (Å²) in [7, 11) is 0. The second-order valence-electron chi connectivity index (χ2n) is 6.15. The van der Waals surface area contributed by atoms with E-state index in [-0.39, 0.29) is 11.5 Å². The highest BCUT2D eigenvalue weighted by molar-refractivity contribution is 6.02. The van der Waals surface area contributed by atoms with Gasteiger partial charge in [0, 0.05) is 10.9 Å². The number of esters is 1. The number of ether oxygens (including phenoxy) is 1. The number of carbonyl (C=O) groups is 2. The van der Waals surface area contributed by atoms with Crippen LogP contribution in [0.25, 0.3) is 21.9 Å². The van der Waals surface area contributed by atoms with Crippen LogP contribution in [-0.2, 0) is 4.74 Å². The molecule has 0 aliphatic carbocycles. The van der Waals surface area contributed by atoms with Crippen LogP contribution < -0.4 is 5.69 Å². The minimum Gasteiger partial charge on any atom is -0.454 e. The molecule has 134 valence electrons. The molecular weight excluding hydrogens is 346 g/mol. The third-order valence-electron chi connectivity index (χ3n) is 4.31. The summed E-state index contributed by atoms with van der Waals surface area (Å²) in [4.78, 5) is 45.6. The Bertz CT molecular complexity index is 1250. The molecule has 7 nitrogen and oxygen atoms in total. The fraction of sp³-hybridized carbons (Fsp3) is 0.100. The Morgan fingerprint density at radius 3 is 2.67 bits per heavy atom. The van der Waals surface area contributed by atoms with Crippen molar-refractivity contribution in [2.75, 3.05) is 6.61 Å². The molecule has 0 aliphatic rings. The van der Waals surface area contributed by atoms with Crippen LogP contribution in [0.3, 0.4) is 0 Å². The number of H-pyrrole nitrogens is 2. The second kappa shape index (κ2) is 6.53. The fourth-order valence-corrected chi connectivity index (χ4v) is 2.92. The van der Waals surface area contributed by atoms with Gasteiger partial charge in [0.05, 0.1) is 27.8 Å². The molecule has 0 unspecified atom stereocenters. The zero-order chi connectivity index (χ0) is 19.0. The largest absolute Gasteiger partial charge is 0.454 e. The number of rotatable bonds is 4. The number of nitrogens with one attached hydrogen (secondary N) is 2. The van der Waals surface area contributed by atoms with Crippen molar-refractivity contribution in [2.45, 2.75) is 6.92 Å². The second-order valence-corrected chi connectivity index (χ2v) is 6.15. The minimum atomic E-state index is -0.602. The highest BCUT2D eigenvalue weighted by atomic mass is 16.5. The van der Waals surface area contributed by atoms with Crippen LogP contribution in [0.2, 0.25) is 0 Å². The van der Waals surface area contributed by atoms with Crippen molar-refractivity contribution in [3.63, 3.8) is 0 Å². The summed E-state index contributed by atoms with van der Waals surface area (Å²) >= 11 is 0. The SMILES string of the molecule is Cc1nc2ccccc2cc1C(=O)OCC(=O)c1ccc2[nH]c(=O)[nH]c2c1. The molecule has 0 amide bonds. The van der Waals surface area contributed by atoms with Gasteiger partial charge in [0.2, 0.25) is 0 Å². The number of aromatic amines is 2. The molecule has 27 heavy (non-hydrogen) atoms. The highest BCUT2D eigenvalue weighted by Gasteiger charge is 2.16. The molecular formula is C20H15N3O4. The predicted octanol–water partition coefficient (Wildman–Crippen LogP) is 2.75. The first kappa shape index (κ1) is 16.7. The molecule has 0 fully saturated rings. The van der Waals surface area contributed by atoms with Gasteiger partial charge in [-0.3, -0.25) is 9.78 Å². The first-order valence-corrected chi connectivity index (χ1v) is 8.30. The number of carbonyl (C=O) groups excluding carboxylic acids is 2. The average molecular weight is 361 g/mol. The van der Waals surface area contributed by atoms with Crippen LogP contribution in [0.4, 0.5) is 0 Å². The van der Waals surface area contributed by atoms with Crippen molar-refractivity contribution in [2.24, 2.45) is 0 Å². The highest BCUT2D eigenvalue weighted by Crippen LogP contribution is 2.17. The third kappa shape index (κ3) is 3.22. The van der Waals surface area contributed by atoms with Gasteiger partial charge in [0.1, 0.15) is 0 Å². The number of hydrogen-bond acceptors (Lipinski definition) is 5. The average Bonchev–Trinajstić information content (AvgIpc) is 3.04. The van der Waals surface area contributed by atoms with Crippen molar-refractivity contribution in [1.29, 1.82) is 0 Å². The fourth-order valence-electron chi connectivity index (χ4n) is 2.92. The van der Waals surface area contributed by atoms with Gasteiger partial charge in [-0.25, -0.2) is 9.59 Å². The number of pyridine rings is 1. The maximum absolute atomic E-state index is 12.4. The van der Waals surface area contributed by atoms with E-state index < -0.39 is 12.6 Å². The Hall–Kier alpha value is -3.74. The minimum absolute atomic E-state index is 0.326. The van der Waals surface area contributed by atoms with Crippen molar-refractivity contribution < 1.29 is 14.3 Å². The van der Waals surface area contributed by atoms with E-state index in [0.717, 1.165) is 10.9 Å². The van der Waals surface area contributed by atoms with Gasteiger partial charge in [0.25, 0.3) is 0 Å². The maximum Gasteiger partial charge on any atom is 0.340 e. The van der Waals surface area contributed by atoms with E-state index in [1.807, 2.05) is 24.3 Å². The van der Waals surface area contributed by atoms with Crippen LogP contribution in [0.15, 0.2) is 53.3 Å². The third-order valence-corrected chi connectivity index (χ3v) is 4.31. The quantitative estimate of drug-likeness (QED) is 0.429. The van der Waals surface area contributed by atoms with E-state index in [1.54, 1.807) is 31.2 Å². The summed E-state index contributed by atoms with van der Waals surface area (Å²) in [6.45, 7) is 1.33. The zero-order valence-electron chi connectivity index (χ0n) is 14.4. The lowest BCUT2D eigenvalue weighted by Crippen LogP contribution is -2.15. The van der Waals surface area contributed by atoms with Crippen LogP contribution in [0, 0.1) is 6.92 Å². The summed E-state index contributed by atoms with van der Waals surface area (Å²) in [6, 6.07) is 13.9. The van der Waals surface area contributed by atoms with Gasteiger partial charge in [-0.05, 0) is 37.3 Å². The predicted molar refractivity (Wildman–Crippen MR) is 100 cm³/mol. The number of ketones is 1. The molecule has 0 bridgehead atoms. The molecule has 0 atom stereocenters. The van der Waals surface area contributed by atoms with Crippen molar-refractivity contribution in [3.8, 4) is 0 Å². The summed E-state index contributed by atoms with van der Waals surface area (Å²) < 4.78 is 5.18. The molecule has 0 radical (unpaired) electrons. The first-order chi connectivity index (χ1) is 13.0. The number of aryl methyl sites for hydroxylation is 1. The summed E-state index contributed by atoms with van der Waals surface area (Å²) in [5.41, 5.74) is 2.78. The van der Waals surface area contributed by atoms with Crippen LogP contribution >= 0.6 is 0 Å². The van der Waals surface area contributed by atoms with E-state index in [1.165, 1.54) is 0 Å². The topological polar surface area (TPSA) is 105 Å². The van der Waals surface area contributed by atoms with E-state index in [0.29, 0.717) is 27.9 Å². The molecule has 2 heterocycles. The van der Waals surface area contributed by atoms with Crippen molar-refractivity contribution in [3.05, 3.63) is 75.8 Å². The van der Waals surface area contributed by atoms with E-state index in [9.17, 15) is 14.4 Å². The molecule has 4 rings (SSSR count). The number of imidazole rings is 1. The first-order valence-electron chi connectivity index (χ1n) is 8.30. The maximum atomic E-state index is 12.4. The lowest BCUT2D eigenvalue weighted by Gasteiger charge is -2.08. The Morgan fingerprint density at radius 1 is 1.04 bits per heavy atom. The van der Waals surface area contributed by atoms with E-state index >= 15 is 0 Å². The Kier molecular flexibility index (Phi) is 4.04. The molecule has 2 aromatic carbocycles. The van der Waals surface area contributed by atoms with Crippen molar-refractivity contribution in [1.82, 2.24) is 15.0 Å². The summed E-state index contributed by atoms with van der Waals surface area (Å²) in [6.07, 6.45) is 0. The number of nitrogens with zero attached hydrogens (tertiary/aromatic N) is 1. The number of aromatic nitrogens is 3. The Balaban J connectivity index is 1.52. The Morgan fingerprint density at radius 2 is 1.81 bits per heavy atom. The van der Waals surface area contributed by atoms with Crippen LogP contribution in [-0.4, -0.2) is 33.3 Å². The Labute approximate surface area is 153 Å². The molecule has 0 aliphatic heterocycles. The van der Waals surface area contributed by atoms with E-state index in [2.05, 4.69) is 15.0 Å². The zero-order valence-corrected chi connectivity index (χ0v) is 14.4. The number of para-hydroxylation sites is 1. The molecule has 2 aromatic heterocycles. The number of fused-ring (bicyclic) bond motifs is 2. The lowest BCUT2D eigenvalue weighted by molar-refractivity contribution is 0.0473. The van der Waals surface area contributed by atoms with Gasteiger partial charge in [0.15, 0.2) is 12.4 Å². The molecule has 0 spiro atoms. The molecule has 2 N–H and O–H groups in total. The molecule has 4 aromatic rings. The van der Waals surface area contributed by atoms with Gasteiger partial charge in [-0.15, -0.1) is 0 Å². The monoisotopic (exact) mass is 361 g/mol. The van der Waals surface area contributed by atoms with Crippen LogP contribution in [0.5, 0.6) is 0 Å². The van der Waals surface area contributed by atoms with E-state index in [4.69, 9.17) is 4.74 Å². The standard InChI is InChI=1S/C20H15N3O4/c1-11-14(8-12-4-2-3-5-15(12)21-11)19(25)27-10-18(24)13-6-7-16-17(9-13)23-20(26)22-16/h2-9H,10H2,1H3,(H2,22,23,26). The lowest BCUT2D eigenvalue weighted by atomic mass is 10.1. The normalized spacial score (nSPS) is 11.0. The van der Waals surface area contributed by atoms with Crippen LogP contribution in [0.1, 0.15) is 26.4 Å². The smallest absolute Gasteiger partial charge is 0.340 e. The number of benzene rings is 2. The van der Waals surface area contributed by atoms with Gasteiger partial charge in [-0.2, -0.15) is 0 Å². The summed E-state index contributed by atoms with van der Waals surface area (Å²) in [5.74, 6) is -0.964. The molecule has 7 heteroatoms. The molecule has 0 saturated carbocycles. The van der Waals surface area contributed by atoms with Gasteiger partial charge < -0.3 is 14.7 Å².